The lowest BCUT2D eigenvalue weighted by molar-refractivity contribution is 0.475. The van der Waals surface area contributed by atoms with Crippen LogP contribution in [0, 0.1) is 5.92 Å². The van der Waals surface area contributed by atoms with Crippen molar-refractivity contribution in [1.82, 2.24) is 15.5 Å². The number of aromatic nitrogens is 2. The molecule has 1 aromatic carbocycles. The summed E-state index contributed by atoms with van der Waals surface area (Å²) in [5, 5.41) is 21.4. The van der Waals surface area contributed by atoms with Gasteiger partial charge in [0.25, 0.3) is 0 Å². The van der Waals surface area contributed by atoms with E-state index in [2.05, 4.69) is 26.6 Å². The summed E-state index contributed by atoms with van der Waals surface area (Å²) in [6, 6.07) is 11.0. The molecular formula is C16H16N4O. The molecule has 4 rings (SSSR count). The quantitative estimate of drug-likeness (QED) is 0.878. The zero-order chi connectivity index (χ0) is 14.2. The van der Waals surface area contributed by atoms with Crippen LogP contribution in [0.25, 0.3) is 11.3 Å². The van der Waals surface area contributed by atoms with Crippen molar-refractivity contribution in [3.8, 4) is 17.0 Å². The number of phenols is 1. The largest absolute Gasteiger partial charge is 0.508 e. The average molecular weight is 280 g/mol. The Hall–Kier alpha value is -2.56. The molecule has 5 nitrogen and oxygen atoms in total. The van der Waals surface area contributed by atoms with Gasteiger partial charge in [0.1, 0.15) is 5.75 Å². The number of hydrogen-bond acceptors (Lipinski definition) is 5. The molecule has 5 heteroatoms. The van der Waals surface area contributed by atoms with Gasteiger partial charge in [-0.05, 0) is 36.0 Å². The fourth-order valence-corrected chi connectivity index (χ4v) is 2.98. The molecule has 21 heavy (non-hydrogen) atoms. The molecule has 1 saturated heterocycles. The van der Waals surface area contributed by atoms with Gasteiger partial charge in [-0.2, -0.15) is 0 Å². The fraction of sp³-hybridized carbons (Fsp3) is 0.250. The van der Waals surface area contributed by atoms with E-state index in [9.17, 15) is 5.11 Å². The zero-order valence-electron chi connectivity index (χ0n) is 11.5. The van der Waals surface area contributed by atoms with Crippen molar-refractivity contribution in [3.05, 3.63) is 48.2 Å². The Kier molecular flexibility index (Phi) is 2.77. The van der Waals surface area contributed by atoms with Gasteiger partial charge in [0.2, 0.25) is 0 Å². The van der Waals surface area contributed by atoms with Crippen LogP contribution in [-0.4, -0.2) is 34.9 Å². The molecule has 1 unspecified atom stereocenters. The Labute approximate surface area is 122 Å². The molecular weight excluding hydrogens is 264 g/mol. The molecule has 0 aliphatic carbocycles. The molecule has 1 fully saturated rings. The molecule has 2 aliphatic heterocycles. The number of phenolic OH excluding ortho intramolecular Hbond substituents is 1. The number of rotatable bonds is 2. The number of hydrogen-bond donors (Lipinski definition) is 2. The third-order valence-electron chi connectivity index (χ3n) is 4.11. The summed E-state index contributed by atoms with van der Waals surface area (Å²) in [7, 11) is 0. The van der Waals surface area contributed by atoms with Gasteiger partial charge in [-0.25, -0.2) is 0 Å². The molecule has 3 heterocycles. The van der Waals surface area contributed by atoms with Crippen molar-refractivity contribution in [1.29, 1.82) is 0 Å². The highest BCUT2D eigenvalue weighted by Crippen LogP contribution is 2.29. The van der Waals surface area contributed by atoms with E-state index in [-0.39, 0.29) is 5.75 Å². The smallest absolute Gasteiger partial charge is 0.151 e. The molecule has 0 spiro atoms. The van der Waals surface area contributed by atoms with Crippen LogP contribution in [-0.2, 0) is 0 Å². The van der Waals surface area contributed by atoms with Crippen molar-refractivity contribution in [2.24, 2.45) is 5.92 Å². The molecule has 0 radical (unpaired) electrons. The minimum atomic E-state index is 0.241. The first-order chi connectivity index (χ1) is 10.3. The van der Waals surface area contributed by atoms with E-state index in [1.54, 1.807) is 18.2 Å². The molecule has 2 aliphatic rings. The molecule has 1 aromatic heterocycles. The number of fused-ring (bicyclic) bond motifs is 1. The Bertz CT molecular complexity index is 696. The summed E-state index contributed by atoms with van der Waals surface area (Å²) >= 11 is 0. The highest BCUT2D eigenvalue weighted by molar-refractivity contribution is 5.61. The molecule has 0 bridgehead atoms. The van der Waals surface area contributed by atoms with Crippen molar-refractivity contribution in [2.45, 2.75) is 0 Å². The number of anilines is 1. The van der Waals surface area contributed by atoms with E-state index in [4.69, 9.17) is 0 Å². The number of nitrogens with one attached hydrogen (secondary N) is 1. The molecule has 2 N–H and O–H groups in total. The standard InChI is InChI=1S/C16H16N4O/c21-14-3-1-2-11(6-14)15-4-5-16(19-18-15)20-9-12-7-17-8-13(12)10-20/h1-7,13,17,21H,8-10H2. The Balaban J connectivity index is 1.57. The summed E-state index contributed by atoms with van der Waals surface area (Å²) in [6.07, 6.45) is 2.12. The van der Waals surface area contributed by atoms with E-state index in [1.165, 1.54) is 5.57 Å². The van der Waals surface area contributed by atoms with E-state index >= 15 is 0 Å². The van der Waals surface area contributed by atoms with Crippen LogP contribution >= 0.6 is 0 Å². The minimum absolute atomic E-state index is 0.241. The minimum Gasteiger partial charge on any atom is -0.508 e. The Morgan fingerprint density at radius 1 is 1.19 bits per heavy atom. The van der Waals surface area contributed by atoms with Gasteiger partial charge in [-0.15, -0.1) is 10.2 Å². The van der Waals surface area contributed by atoms with E-state index in [0.29, 0.717) is 5.92 Å². The lowest BCUT2D eigenvalue weighted by Crippen LogP contribution is -2.24. The van der Waals surface area contributed by atoms with Crippen molar-refractivity contribution < 1.29 is 5.11 Å². The van der Waals surface area contributed by atoms with Crippen LogP contribution in [0.1, 0.15) is 0 Å². The second-order valence-corrected chi connectivity index (χ2v) is 5.53. The first kappa shape index (κ1) is 12.2. The highest BCUT2D eigenvalue weighted by atomic mass is 16.3. The van der Waals surface area contributed by atoms with Gasteiger partial charge in [-0.3, -0.25) is 0 Å². The Morgan fingerprint density at radius 3 is 2.90 bits per heavy atom. The van der Waals surface area contributed by atoms with E-state index in [1.807, 2.05) is 18.2 Å². The van der Waals surface area contributed by atoms with Gasteiger partial charge in [0.05, 0.1) is 5.69 Å². The van der Waals surface area contributed by atoms with Crippen LogP contribution in [0.4, 0.5) is 5.82 Å². The maximum Gasteiger partial charge on any atom is 0.151 e. The summed E-state index contributed by atoms with van der Waals surface area (Å²) in [5.74, 6) is 1.76. The normalized spacial score (nSPS) is 20.1. The first-order valence-electron chi connectivity index (χ1n) is 7.10. The van der Waals surface area contributed by atoms with Gasteiger partial charge in [0.15, 0.2) is 5.82 Å². The van der Waals surface area contributed by atoms with Gasteiger partial charge in [-0.1, -0.05) is 12.1 Å². The lowest BCUT2D eigenvalue weighted by atomic mass is 10.1. The summed E-state index contributed by atoms with van der Waals surface area (Å²) in [4.78, 5) is 2.26. The van der Waals surface area contributed by atoms with E-state index in [0.717, 1.165) is 36.7 Å². The SMILES string of the molecule is Oc1cccc(-c2ccc(N3CC4=CNCC4C3)nn2)c1. The van der Waals surface area contributed by atoms with Crippen LogP contribution < -0.4 is 10.2 Å². The first-order valence-corrected chi connectivity index (χ1v) is 7.10. The second kappa shape index (κ2) is 4.77. The fourth-order valence-electron chi connectivity index (χ4n) is 2.98. The molecule has 0 saturated carbocycles. The zero-order valence-corrected chi connectivity index (χ0v) is 11.5. The topological polar surface area (TPSA) is 61.3 Å². The van der Waals surface area contributed by atoms with Gasteiger partial charge in [0, 0.05) is 31.1 Å². The maximum absolute atomic E-state index is 9.52. The number of benzene rings is 1. The average Bonchev–Trinajstić information content (AvgIpc) is 3.09. The predicted molar refractivity (Wildman–Crippen MR) is 80.9 cm³/mol. The van der Waals surface area contributed by atoms with Crippen LogP contribution in [0.5, 0.6) is 5.75 Å². The van der Waals surface area contributed by atoms with Crippen LogP contribution in [0.3, 0.4) is 0 Å². The van der Waals surface area contributed by atoms with Crippen molar-refractivity contribution in [2.75, 3.05) is 24.5 Å². The van der Waals surface area contributed by atoms with Gasteiger partial charge >= 0.3 is 0 Å². The third-order valence-corrected chi connectivity index (χ3v) is 4.11. The van der Waals surface area contributed by atoms with Crippen LogP contribution in [0.15, 0.2) is 48.2 Å². The van der Waals surface area contributed by atoms with E-state index < -0.39 is 0 Å². The second-order valence-electron chi connectivity index (χ2n) is 5.53. The van der Waals surface area contributed by atoms with Crippen LogP contribution in [0.2, 0.25) is 0 Å². The number of aromatic hydroxyl groups is 1. The lowest BCUT2D eigenvalue weighted by Gasteiger charge is -2.16. The molecule has 2 aromatic rings. The molecule has 1 atom stereocenters. The summed E-state index contributed by atoms with van der Waals surface area (Å²) in [6.45, 7) is 2.96. The molecule has 0 amide bonds. The summed E-state index contributed by atoms with van der Waals surface area (Å²) < 4.78 is 0. The summed E-state index contributed by atoms with van der Waals surface area (Å²) in [5.41, 5.74) is 3.10. The monoisotopic (exact) mass is 280 g/mol. The molecule has 106 valence electrons. The number of nitrogens with zero attached hydrogens (tertiary/aromatic N) is 3. The third kappa shape index (κ3) is 2.20. The van der Waals surface area contributed by atoms with Crippen molar-refractivity contribution >= 4 is 5.82 Å². The maximum atomic E-state index is 9.52. The van der Waals surface area contributed by atoms with Crippen molar-refractivity contribution in [3.63, 3.8) is 0 Å². The Morgan fingerprint density at radius 2 is 2.14 bits per heavy atom. The predicted octanol–water partition coefficient (Wildman–Crippen LogP) is 1.77. The van der Waals surface area contributed by atoms with Gasteiger partial charge < -0.3 is 15.3 Å². The highest BCUT2D eigenvalue weighted by Gasteiger charge is 2.30.